The molecule has 5 aromatic carbocycles. The van der Waals surface area contributed by atoms with Gasteiger partial charge < -0.3 is 5.11 Å². The van der Waals surface area contributed by atoms with E-state index in [1.165, 1.54) is 72.1 Å². The summed E-state index contributed by atoms with van der Waals surface area (Å²) >= 11 is 8.11. The van der Waals surface area contributed by atoms with E-state index < -0.39 is 14.0 Å². The van der Waals surface area contributed by atoms with Crippen LogP contribution >= 0.6 is 39.8 Å². The van der Waals surface area contributed by atoms with Crippen molar-refractivity contribution in [2.75, 3.05) is 0 Å². The molecule has 1 saturated heterocycles. The second-order valence-corrected chi connectivity index (χ2v) is 22.6. The average molecular weight is 909 g/mol. The molecule has 0 bridgehead atoms. The number of hydrogen-bond acceptors (Lipinski definition) is 1. The number of rotatable bonds is 11. The Morgan fingerprint density at radius 2 is 0.807 bits per heavy atom. The van der Waals surface area contributed by atoms with E-state index in [0.29, 0.717) is 35.5 Å². The van der Waals surface area contributed by atoms with Gasteiger partial charge in [0.15, 0.2) is 0 Å². The van der Waals surface area contributed by atoms with E-state index >= 15 is 0 Å². The third-order valence-electron chi connectivity index (χ3n) is 12.3. The van der Waals surface area contributed by atoms with E-state index in [4.69, 9.17) is 0 Å². The van der Waals surface area contributed by atoms with Crippen LogP contribution in [0.3, 0.4) is 0 Å². The lowest BCUT2D eigenvalue weighted by Crippen LogP contribution is -2.29. The Morgan fingerprint density at radius 3 is 1.11 bits per heavy atom. The Morgan fingerprint density at radius 1 is 0.474 bits per heavy atom. The van der Waals surface area contributed by atoms with Crippen LogP contribution in [0.15, 0.2) is 99.9 Å². The summed E-state index contributed by atoms with van der Waals surface area (Å²) in [4.78, 5) is 0. The van der Waals surface area contributed by atoms with Gasteiger partial charge in [0.05, 0.1) is 6.10 Å². The molecule has 6 rings (SSSR count). The Labute approximate surface area is 363 Å². The normalized spacial score (nSPS) is 18.9. The van der Waals surface area contributed by atoms with Gasteiger partial charge in [-0.15, -0.1) is 0 Å². The smallest absolute Gasteiger partial charge is 0.0559 e. The molecule has 1 N–H and O–H groups in total. The molecule has 2 atom stereocenters. The number of hydrogen-bond donors (Lipinski definition) is 1. The topological polar surface area (TPSA) is 20.2 Å². The second kappa shape index (κ2) is 18.4. The molecule has 0 amide bonds. The van der Waals surface area contributed by atoms with Crippen LogP contribution in [0.1, 0.15) is 187 Å². The molecule has 5 aromatic rings. The minimum absolute atomic E-state index is 0.121. The summed E-state index contributed by atoms with van der Waals surface area (Å²) in [6.45, 7) is 28.4. The molecular formula is C53H65Br2OP. The maximum atomic E-state index is 12.0. The van der Waals surface area contributed by atoms with Crippen LogP contribution in [0.4, 0.5) is 0 Å². The van der Waals surface area contributed by atoms with Crippen molar-refractivity contribution in [1.82, 2.24) is 0 Å². The SMILES string of the molecule is CC(C)c1cc(C(C)C)c(-c2cccc(-c3c(C(C)C)cc(C(C)C)cc3C(C)C)c2P2C(c3ccccc3Br)CC(O)CC2c2ccccc2Br)c(C(C)C)c1. The van der Waals surface area contributed by atoms with Gasteiger partial charge in [-0.1, -0.05) is 202 Å². The van der Waals surface area contributed by atoms with Crippen molar-refractivity contribution in [3.63, 3.8) is 0 Å². The largest absolute Gasteiger partial charge is 0.393 e. The van der Waals surface area contributed by atoms with Crippen molar-refractivity contribution >= 4 is 45.1 Å². The zero-order valence-electron chi connectivity index (χ0n) is 36.4. The van der Waals surface area contributed by atoms with E-state index in [-0.39, 0.29) is 11.3 Å². The predicted molar refractivity (Wildman–Crippen MR) is 257 cm³/mol. The Hall–Kier alpha value is -2.55. The lowest BCUT2D eigenvalue weighted by molar-refractivity contribution is 0.146. The summed E-state index contributed by atoms with van der Waals surface area (Å²) < 4.78 is 2.25. The summed E-state index contributed by atoms with van der Waals surface area (Å²) in [6, 6.07) is 35.0. The van der Waals surface area contributed by atoms with Gasteiger partial charge >= 0.3 is 0 Å². The fourth-order valence-corrected chi connectivity index (χ4v) is 14.6. The molecule has 0 saturated carbocycles. The lowest BCUT2D eigenvalue weighted by atomic mass is 9.79. The molecule has 1 aliphatic rings. The zero-order valence-corrected chi connectivity index (χ0v) is 40.5. The summed E-state index contributed by atoms with van der Waals surface area (Å²) in [7, 11) is -0.981. The van der Waals surface area contributed by atoms with E-state index in [1.54, 1.807) is 0 Å². The number of aliphatic hydroxyl groups excluding tert-OH is 1. The first kappa shape index (κ1) is 44.0. The van der Waals surface area contributed by atoms with Crippen molar-refractivity contribution in [3.8, 4) is 22.3 Å². The minimum atomic E-state index is -0.981. The number of aliphatic hydroxyl groups is 1. The summed E-state index contributed by atoms with van der Waals surface area (Å²) in [5.74, 6) is 2.24. The fourth-order valence-electron chi connectivity index (χ4n) is 9.17. The van der Waals surface area contributed by atoms with E-state index in [1.807, 2.05) is 0 Å². The zero-order chi connectivity index (χ0) is 41.5. The lowest BCUT2D eigenvalue weighted by Gasteiger charge is -2.44. The van der Waals surface area contributed by atoms with Crippen LogP contribution < -0.4 is 5.30 Å². The quantitative estimate of drug-likeness (QED) is 0.131. The summed E-state index contributed by atoms with van der Waals surface area (Å²) in [6.07, 6.45) is 1.03. The van der Waals surface area contributed by atoms with Gasteiger partial charge in [-0.05, 0) is 133 Å². The van der Waals surface area contributed by atoms with Gasteiger partial charge in [-0.3, -0.25) is 0 Å². The molecule has 1 fully saturated rings. The van der Waals surface area contributed by atoms with Gasteiger partial charge in [0.25, 0.3) is 0 Å². The molecule has 57 heavy (non-hydrogen) atoms. The van der Waals surface area contributed by atoms with Crippen LogP contribution in [-0.2, 0) is 0 Å². The molecule has 1 heterocycles. The van der Waals surface area contributed by atoms with Gasteiger partial charge in [0.2, 0.25) is 0 Å². The van der Waals surface area contributed by atoms with Crippen molar-refractivity contribution in [2.24, 2.45) is 0 Å². The standard InChI is InChI=1S/C53H65Br2OP/c1-30(2)36-24-43(32(5)6)51(44(25-36)33(7)8)41-20-17-21-42(52-45(34(9)10)26-37(31(3)4)27-46(52)35(11)12)53(41)57-49(39-18-13-15-22-47(39)54)28-38(56)29-50(57)40-19-14-16-23-48(40)55/h13-27,30-35,38,49-50,56H,28-29H2,1-12H3. The molecule has 1 aliphatic heterocycles. The van der Waals surface area contributed by atoms with Crippen molar-refractivity contribution in [2.45, 2.75) is 149 Å². The Kier molecular flexibility index (Phi) is 14.2. The molecule has 302 valence electrons. The monoisotopic (exact) mass is 906 g/mol. The second-order valence-electron chi connectivity index (χ2n) is 18.4. The Bertz CT molecular complexity index is 1990. The highest BCUT2D eigenvalue weighted by atomic mass is 79.9. The first-order valence-electron chi connectivity index (χ1n) is 21.5. The van der Waals surface area contributed by atoms with Gasteiger partial charge in [-0.25, -0.2) is 0 Å². The molecule has 1 nitrogen and oxygen atoms in total. The van der Waals surface area contributed by atoms with Gasteiger partial charge in [0.1, 0.15) is 0 Å². The first-order chi connectivity index (χ1) is 27.0. The van der Waals surface area contributed by atoms with Crippen LogP contribution in [0.5, 0.6) is 0 Å². The number of halogens is 2. The van der Waals surface area contributed by atoms with Gasteiger partial charge in [0, 0.05) is 20.3 Å². The predicted octanol–water partition coefficient (Wildman–Crippen LogP) is 17.0. The van der Waals surface area contributed by atoms with Crippen molar-refractivity contribution in [1.29, 1.82) is 0 Å². The molecule has 4 heteroatoms. The van der Waals surface area contributed by atoms with E-state index in [0.717, 1.165) is 21.8 Å². The molecule has 2 unspecified atom stereocenters. The van der Waals surface area contributed by atoms with E-state index in [9.17, 15) is 5.11 Å². The first-order valence-corrected chi connectivity index (χ1v) is 24.5. The van der Waals surface area contributed by atoms with Crippen LogP contribution in [-0.4, -0.2) is 11.2 Å². The highest BCUT2D eigenvalue weighted by molar-refractivity contribution is 9.10. The summed E-state index contributed by atoms with van der Waals surface area (Å²) in [5.41, 5.74) is 17.0. The van der Waals surface area contributed by atoms with Crippen LogP contribution in [0, 0.1) is 0 Å². The fraction of sp³-hybridized carbons (Fsp3) is 0.434. The molecule has 0 radical (unpaired) electrons. The highest BCUT2D eigenvalue weighted by Crippen LogP contribution is 2.70. The van der Waals surface area contributed by atoms with E-state index in [2.05, 4.69) is 206 Å². The Balaban J connectivity index is 1.88. The third-order valence-corrected chi connectivity index (χ3v) is 17.1. The van der Waals surface area contributed by atoms with Crippen molar-refractivity contribution < 1.29 is 5.11 Å². The van der Waals surface area contributed by atoms with Crippen LogP contribution in [0.25, 0.3) is 22.3 Å². The molecule has 0 spiro atoms. The van der Waals surface area contributed by atoms with Gasteiger partial charge in [-0.2, -0.15) is 0 Å². The molecular weight excluding hydrogens is 843 g/mol. The average Bonchev–Trinajstić information content (AvgIpc) is 3.16. The number of benzene rings is 5. The highest BCUT2D eigenvalue weighted by Gasteiger charge is 2.43. The minimum Gasteiger partial charge on any atom is -0.393 e. The molecule has 0 aromatic heterocycles. The maximum Gasteiger partial charge on any atom is 0.0559 e. The maximum absolute atomic E-state index is 12.0. The van der Waals surface area contributed by atoms with Crippen molar-refractivity contribution in [3.05, 3.63) is 144 Å². The summed E-state index contributed by atoms with van der Waals surface area (Å²) in [5, 5.41) is 13.5. The van der Waals surface area contributed by atoms with Crippen LogP contribution in [0.2, 0.25) is 0 Å². The molecule has 0 aliphatic carbocycles. The third kappa shape index (κ3) is 8.99.